The van der Waals surface area contributed by atoms with Gasteiger partial charge in [-0.1, -0.05) is 12.5 Å². The fraction of sp³-hybridized carbons (Fsp3) is 0.464. The summed E-state index contributed by atoms with van der Waals surface area (Å²) in [5.41, 5.74) is 3.64. The molecule has 0 unspecified atom stereocenters. The molecule has 0 N–H and O–H groups in total. The third kappa shape index (κ3) is 5.10. The van der Waals surface area contributed by atoms with Crippen molar-refractivity contribution in [2.24, 2.45) is 0 Å². The second kappa shape index (κ2) is 11.0. The molecule has 1 fully saturated rings. The van der Waals surface area contributed by atoms with E-state index in [1.807, 2.05) is 26.1 Å². The Labute approximate surface area is 217 Å². The number of carbonyl (C=O) groups is 1. The Hall–Kier alpha value is -3.30. The quantitative estimate of drug-likeness (QED) is 0.334. The van der Waals surface area contributed by atoms with Crippen LogP contribution < -0.4 is 14.5 Å². The minimum Gasteiger partial charge on any atom is -0.490 e. The summed E-state index contributed by atoms with van der Waals surface area (Å²) in [4.78, 5) is 26.6. The number of anilines is 2. The van der Waals surface area contributed by atoms with E-state index in [-0.39, 0.29) is 6.04 Å². The number of amides is 1. The van der Waals surface area contributed by atoms with Crippen molar-refractivity contribution < 1.29 is 18.7 Å². The van der Waals surface area contributed by atoms with Gasteiger partial charge < -0.3 is 24.2 Å². The van der Waals surface area contributed by atoms with Crippen LogP contribution in [0.15, 0.2) is 30.6 Å². The summed E-state index contributed by atoms with van der Waals surface area (Å²) in [6.07, 6.45) is 7.86. The van der Waals surface area contributed by atoms with Crippen molar-refractivity contribution in [3.05, 3.63) is 42.1 Å². The SMILES string of the molecule is C[C@H]1COc2c(-c3ccc(COCCN4CCCCC4)nc3)c(F)cc3ncc(N(C)C=O)c(c23)N1C. The molecule has 2 aliphatic heterocycles. The largest absolute Gasteiger partial charge is 0.490 e. The van der Waals surface area contributed by atoms with Crippen LogP contribution in [0.3, 0.4) is 0 Å². The van der Waals surface area contributed by atoms with E-state index in [0.29, 0.717) is 53.3 Å². The van der Waals surface area contributed by atoms with E-state index in [4.69, 9.17) is 9.47 Å². The lowest BCUT2D eigenvalue weighted by molar-refractivity contribution is -0.107. The fourth-order valence-electron chi connectivity index (χ4n) is 5.10. The molecule has 0 saturated carbocycles. The lowest BCUT2D eigenvalue weighted by Gasteiger charge is -2.28. The molecule has 4 heterocycles. The monoisotopic (exact) mass is 507 g/mol. The molecule has 0 spiro atoms. The average Bonchev–Trinajstić information content (AvgIpc) is 3.05. The predicted octanol–water partition coefficient (Wildman–Crippen LogP) is 4.25. The van der Waals surface area contributed by atoms with Crippen molar-refractivity contribution in [3.63, 3.8) is 0 Å². The average molecular weight is 508 g/mol. The van der Waals surface area contributed by atoms with Crippen LogP contribution in [0.4, 0.5) is 15.8 Å². The van der Waals surface area contributed by atoms with Crippen molar-refractivity contribution in [2.45, 2.75) is 38.8 Å². The maximum absolute atomic E-state index is 15.5. The Morgan fingerprint density at radius 1 is 1.22 bits per heavy atom. The van der Waals surface area contributed by atoms with Gasteiger partial charge in [0.25, 0.3) is 0 Å². The van der Waals surface area contributed by atoms with Gasteiger partial charge in [-0.15, -0.1) is 0 Å². The minimum atomic E-state index is -0.429. The van der Waals surface area contributed by atoms with E-state index in [1.165, 1.54) is 30.2 Å². The molecule has 5 rings (SSSR count). The maximum Gasteiger partial charge on any atom is 0.213 e. The van der Waals surface area contributed by atoms with E-state index in [9.17, 15) is 4.79 Å². The lowest BCUT2D eigenvalue weighted by Crippen LogP contribution is -2.33. The maximum atomic E-state index is 15.5. The first-order valence-electron chi connectivity index (χ1n) is 12.9. The number of ether oxygens (including phenoxy) is 2. The van der Waals surface area contributed by atoms with Crippen molar-refractivity contribution in [1.82, 2.24) is 14.9 Å². The number of benzene rings is 1. The van der Waals surface area contributed by atoms with Crippen LogP contribution >= 0.6 is 0 Å². The number of pyridine rings is 2. The van der Waals surface area contributed by atoms with Crippen LogP contribution in [0.2, 0.25) is 0 Å². The van der Waals surface area contributed by atoms with E-state index in [0.717, 1.165) is 37.4 Å². The van der Waals surface area contributed by atoms with Gasteiger partial charge in [-0.05, 0) is 38.9 Å². The second-order valence-corrected chi connectivity index (χ2v) is 9.93. The van der Waals surface area contributed by atoms with Crippen LogP contribution in [0.25, 0.3) is 22.0 Å². The normalized spacial score (nSPS) is 17.9. The number of hydrogen-bond donors (Lipinski definition) is 0. The van der Waals surface area contributed by atoms with Crippen molar-refractivity contribution >= 4 is 28.7 Å². The molecule has 1 amide bonds. The van der Waals surface area contributed by atoms with Gasteiger partial charge in [0.2, 0.25) is 6.41 Å². The van der Waals surface area contributed by atoms with E-state index in [1.54, 1.807) is 19.4 Å². The molecule has 8 nitrogen and oxygen atoms in total. The highest BCUT2D eigenvalue weighted by molar-refractivity contribution is 6.07. The lowest BCUT2D eigenvalue weighted by atomic mass is 10.00. The van der Waals surface area contributed by atoms with Gasteiger partial charge in [-0.25, -0.2) is 4.39 Å². The number of rotatable bonds is 8. The smallest absolute Gasteiger partial charge is 0.213 e. The Bertz CT molecular complexity index is 1260. The number of nitrogens with zero attached hydrogens (tertiary/aromatic N) is 5. The third-order valence-corrected chi connectivity index (χ3v) is 7.40. The first-order chi connectivity index (χ1) is 18.0. The molecular weight excluding hydrogens is 473 g/mol. The number of likely N-dealkylation sites (tertiary alicyclic amines) is 1. The molecule has 196 valence electrons. The molecule has 1 saturated heterocycles. The number of piperidine rings is 1. The van der Waals surface area contributed by atoms with Crippen LogP contribution in [-0.2, 0) is 16.1 Å². The molecule has 1 atom stereocenters. The highest BCUT2D eigenvalue weighted by Gasteiger charge is 2.29. The van der Waals surface area contributed by atoms with Crippen molar-refractivity contribution in [2.75, 3.05) is 56.7 Å². The van der Waals surface area contributed by atoms with Gasteiger partial charge in [0.05, 0.1) is 59.0 Å². The summed E-state index contributed by atoms with van der Waals surface area (Å²) in [7, 11) is 3.63. The Morgan fingerprint density at radius 2 is 2.03 bits per heavy atom. The van der Waals surface area contributed by atoms with Gasteiger partial charge in [0.1, 0.15) is 18.2 Å². The van der Waals surface area contributed by atoms with Gasteiger partial charge in [0, 0.05) is 38.5 Å². The first-order valence-corrected chi connectivity index (χ1v) is 12.9. The number of aromatic nitrogens is 2. The Balaban J connectivity index is 1.44. The van der Waals surface area contributed by atoms with Gasteiger partial charge in [0.15, 0.2) is 0 Å². The molecule has 2 aromatic heterocycles. The summed E-state index contributed by atoms with van der Waals surface area (Å²) in [5, 5.41) is 0.680. The van der Waals surface area contributed by atoms with Crippen LogP contribution in [-0.4, -0.2) is 74.3 Å². The minimum absolute atomic E-state index is 0.00435. The summed E-state index contributed by atoms with van der Waals surface area (Å²) < 4.78 is 27.6. The Morgan fingerprint density at radius 3 is 2.76 bits per heavy atom. The van der Waals surface area contributed by atoms with Crippen LogP contribution in [0.1, 0.15) is 31.9 Å². The zero-order chi connectivity index (χ0) is 25.9. The number of likely N-dealkylation sites (N-methyl/N-ethyl adjacent to an activating group) is 1. The third-order valence-electron chi connectivity index (χ3n) is 7.40. The summed E-state index contributed by atoms with van der Waals surface area (Å²) in [6, 6.07) is 5.14. The number of hydrogen-bond acceptors (Lipinski definition) is 7. The van der Waals surface area contributed by atoms with Crippen molar-refractivity contribution in [1.29, 1.82) is 0 Å². The molecule has 0 aliphatic carbocycles. The molecule has 2 aliphatic rings. The van der Waals surface area contributed by atoms with Gasteiger partial charge in [-0.3, -0.25) is 14.8 Å². The molecule has 3 aromatic rings. The van der Waals surface area contributed by atoms with Crippen LogP contribution in [0.5, 0.6) is 5.75 Å². The molecular formula is C28H34FN5O3. The van der Waals surface area contributed by atoms with Crippen molar-refractivity contribution in [3.8, 4) is 16.9 Å². The predicted molar refractivity (Wildman–Crippen MR) is 143 cm³/mol. The van der Waals surface area contributed by atoms with Crippen LogP contribution in [0, 0.1) is 5.82 Å². The van der Waals surface area contributed by atoms with Gasteiger partial charge >= 0.3 is 0 Å². The topological polar surface area (TPSA) is 71.0 Å². The summed E-state index contributed by atoms with van der Waals surface area (Å²) in [6.45, 7) is 6.70. The first kappa shape index (κ1) is 25.4. The standard InChI is InChI=1S/C28H34FN5O3/c1-19-16-37-28-25(20-7-8-21(30-14-20)17-36-12-11-34-9-5-4-6-10-34)22(29)13-23-26(28)27(33(19)3)24(15-31-23)32(2)18-35/h7-8,13-15,18-19H,4-6,9-12,16-17H2,1-3H3/t19-/m0/s1. The molecule has 1 aromatic carbocycles. The molecule has 9 heteroatoms. The van der Waals surface area contributed by atoms with E-state index >= 15 is 4.39 Å². The molecule has 0 radical (unpaired) electrons. The summed E-state index contributed by atoms with van der Waals surface area (Å²) in [5.74, 6) is -0.0100. The van der Waals surface area contributed by atoms with E-state index in [2.05, 4.69) is 19.8 Å². The highest BCUT2D eigenvalue weighted by Crippen LogP contribution is 2.47. The zero-order valence-electron chi connectivity index (χ0n) is 21.7. The van der Waals surface area contributed by atoms with E-state index < -0.39 is 5.82 Å². The van der Waals surface area contributed by atoms with Gasteiger partial charge in [-0.2, -0.15) is 0 Å². The fourth-order valence-corrected chi connectivity index (χ4v) is 5.10. The highest BCUT2D eigenvalue weighted by atomic mass is 19.1. The Kier molecular flexibility index (Phi) is 7.53. The zero-order valence-corrected chi connectivity index (χ0v) is 21.7. The molecule has 0 bridgehead atoms. The number of carbonyl (C=O) groups excluding carboxylic acids is 1. The summed E-state index contributed by atoms with van der Waals surface area (Å²) >= 11 is 0. The second-order valence-electron chi connectivity index (χ2n) is 9.93. The number of halogens is 1. The molecule has 37 heavy (non-hydrogen) atoms.